The predicted molar refractivity (Wildman–Crippen MR) is 233 cm³/mol. The van der Waals surface area contributed by atoms with Crippen molar-refractivity contribution in [1.82, 2.24) is 15.0 Å². The fourth-order valence-electron chi connectivity index (χ4n) is 8.85. The zero-order valence-corrected chi connectivity index (χ0v) is 32.0. The van der Waals surface area contributed by atoms with E-state index in [-0.39, 0.29) is 0 Å². The summed E-state index contributed by atoms with van der Waals surface area (Å²) >= 11 is 1.85. The van der Waals surface area contributed by atoms with Crippen molar-refractivity contribution in [3.8, 4) is 73.6 Å². The third-order valence-corrected chi connectivity index (χ3v) is 12.6. The third-order valence-electron chi connectivity index (χ3n) is 11.5. The van der Waals surface area contributed by atoms with Crippen LogP contribution in [0.2, 0.25) is 0 Å². The summed E-state index contributed by atoms with van der Waals surface area (Å²) in [4.78, 5) is 17.4. The topological polar surface area (TPSA) is 62.5 Å². The Labute approximate surface area is 341 Å². The van der Waals surface area contributed by atoms with Gasteiger partial charge in [-0.05, 0) is 86.0 Å². The standard InChI is InChI=1S/C53H32N4S/c54-33-34-22-24-36(25-23-34)41-16-11-19-46-49(41)42-32-40(30-31-43(42)53(46)44-17-7-9-20-47(44)58-48-21-10-8-18-45(48)53)35-26-28-39(29-27-35)52-56-50(37-12-3-1-4-13-37)55-51(57-52)38-14-5-2-6-15-38/h1-32H. The van der Waals surface area contributed by atoms with Crippen molar-refractivity contribution < 1.29 is 0 Å². The molecule has 58 heavy (non-hydrogen) atoms. The lowest BCUT2D eigenvalue weighted by molar-refractivity contribution is 0.722. The molecule has 2 heterocycles. The molecule has 1 aliphatic carbocycles. The third kappa shape index (κ3) is 5.34. The summed E-state index contributed by atoms with van der Waals surface area (Å²) in [7, 11) is 0. The molecule has 5 heteroatoms. The van der Waals surface area contributed by atoms with Crippen molar-refractivity contribution in [2.24, 2.45) is 0 Å². The fraction of sp³-hybridized carbons (Fsp3) is 0.0189. The Morgan fingerprint density at radius 2 is 0.862 bits per heavy atom. The maximum atomic E-state index is 9.61. The van der Waals surface area contributed by atoms with E-state index < -0.39 is 5.41 Å². The zero-order chi connectivity index (χ0) is 38.6. The van der Waals surface area contributed by atoms with Gasteiger partial charge in [-0.2, -0.15) is 5.26 Å². The second-order valence-corrected chi connectivity index (χ2v) is 15.7. The van der Waals surface area contributed by atoms with Crippen molar-refractivity contribution >= 4 is 11.8 Å². The molecule has 270 valence electrons. The molecule has 0 radical (unpaired) electrons. The van der Waals surface area contributed by atoms with Crippen LogP contribution in [0.5, 0.6) is 0 Å². The van der Waals surface area contributed by atoms with Gasteiger partial charge in [-0.3, -0.25) is 0 Å². The minimum absolute atomic E-state index is 0.500. The van der Waals surface area contributed by atoms with Gasteiger partial charge in [0.1, 0.15) is 0 Å². The van der Waals surface area contributed by atoms with Gasteiger partial charge in [-0.15, -0.1) is 0 Å². The minimum atomic E-state index is -0.500. The number of hydrogen-bond donors (Lipinski definition) is 0. The quantitative estimate of drug-likeness (QED) is 0.175. The number of aromatic nitrogens is 3. The molecule has 0 saturated carbocycles. The van der Waals surface area contributed by atoms with E-state index in [1.807, 2.05) is 84.6 Å². The molecule has 2 aliphatic rings. The van der Waals surface area contributed by atoms with Crippen molar-refractivity contribution in [2.45, 2.75) is 15.2 Å². The molecule has 0 amide bonds. The van der Waals surface area contributed by atoms with E-state index in [0.29, 0.717) is 23.0 Å². The van der Waals surface area contributed by atoms with Gasteiger partial charge in [0.2, 0.25) is 0 Å². The number of nitriles is 1. The van der Waals surface area contributed by atoms with Crippen LogP contribution >= 0.6 is 11.8 Å². The predicted octanol–water partition coefficient (Wildman–Crippen LogP) is 12.9. The molecule has 0 saturated heterocycles. The highest BCUT2D eigenvalue weighted by Gasteiger charge is 2.50. The van der Waals surface area contributed by atoms with Gasteiger partial charge in [-0.1, -0.05) is 176 Å². The average molecular weight is 757 g/mol. The molecule has 0 fully saturated rings. The van der Waals surface area contributed by atoms with Crippen LogP contribution in [0.25, 0.3) is 67.5 Å². The number of hydrogen-bond acceptors (Lipinski definition) is 5. The summed E-state index contributed by atoms with van der Waals surface area (Å²) in [6, 6.07) is 70.5. The van der Waals surface area contributed by atoms with Crippen molar-refractivity contribution in [2.75, 3.05) is 0 Å². The minimum Gasteiger partial charge on any atom is -0.208 e. The molecule has 11 rings (SSSR count). The van der Waals surface area contributed by atoms with Crippen LogP contribution in [-0.2, 0) is 5.41 Å². The largest absolute Gasteiger partial charge is 0.208 e. The zero-order valence-electron chi connectivity index (χ0n) is 31.2. The summed E-state index contributed by atoms with van der Waals surface area (Å²) in [5, 5.41) is 9.61. The Balaban J connectivity index is 1.08. The summed E-state index contributed by atoms with van der Waals surface area (Å²) in [6.07, 6.45) is 0. The molecule has 0 unspecified atom stereocenters. The van der Waals surface area contributed by atoms with E-state index in [0.717, 1.165) is 38.9 Å². The maximum Gasteiger partial charge on any atom is 0.164 e. The Kier molecular flexibility index (Phi) is 7.99. The molecule has 1 aliphatic heterocycles. The lowest BCUT2D eigenvalue weighted by atomic mass is 9.67. The number of benzene rings is 8. The van der Waals surface area contributed by atoms with Crippen LogP contribution < -0.4 is 0 Å². The van der Waals surface area contributed by atoms with Crippen LogP contribution in [-0.4, -0.2) is 15.0 Å². The van der Waals surface area contributed by atoms with E-state index in [1.54, 1.807) is 0 Å². The summed E-state index contributed by atoms with van der Waals surface area (Å²) in [5.74, 6) is 1.91. The summed E-state index contributed by atoms with van der Waals surface area (Å²) < 4.78 is 0. The van der Waals surface area contributed by atoms with Gasteiger partial charge < -0.3 is 0 Å². The SMILES string of the molecule is N#Cc1ccc(-c2cccc3c2-c2cc(-c4ccc(-c5nc(-c6ccccc6)nc(-c6ccccc6)n5)cc4)ccc2C32c3ccccc3Sc3ccccc32)cc1. The Bertz CT molecular complexity index is 2980. The molecular formula is C53H32N4S. The van der Waals surface area contributed by atoms with Gasteiger partial charge in [0.15, 0.2) is 17.5 Å². The molecule has 1 spiro atoms. The second kappa shape index (κ2) is 13.7. The molecule has 8 aromatic carbocycles. The Morgan fingerprint density at radius 1 is 0.379 bits per heavy atom. The van der Waals surface area contributed by atoms with Crippen LogP contribution in [0.3, 0.4) is 0 Å². The van der Waals surface area contributed by atoms with Gasteiger partial charge in [-0.25, -0.2) is 15.0 Å². The molecule has 0 N–H and O–H groups in total. The van der Waals surface area contributed by atoms with Crippen LogP contribution in [0.1, 0.15) is 27.8 Å². The average Bonchev–Trinajstić information content (AvgIpc) is 3.59. The van der Waals surface area contributed by atoms with Gasteiger partial charge >= 0.3 is 0 Å². The van der Waals surface area contributed by atoms with E-state index in [2.05, 4.69) is 127 Å². The first kappa shape index (κ1) is 33.9. The van der Waals surface area contributed by atoms with Gasteiger partial charge in [0.05, 0.1) is 17.0 Å². The van der Waals surface area contributed by atoms with Gasteiger partial charge in [0, 0.05) is 26.5 Å². The highest BCUT2D eigenvalue weighted by Crippen LogP contribution is 2.63. The maximum absolute atomic E-state index is 9.61. The van der Waals surface area contributed by atoms with Crippen molar-refractivity contribution in [1.29, 1.82) is 5.26 Å². The first-order valence-corrected chi connectivity index (χ1v) is 20.1. The molecule has 9 aromatic rings. The second-order valence-electron chi connectivity index (χ2n) is 14.6. The summed E-state index contributed by atoms with van der Waals surface area (Å²) in [5.41, 5.74) is 15.0. The highest BCUT2D eigenvalue weighted by atomic mass is 32.2. The van der Waals surface area contributed by atoms with E-state index in [1.165, 1.54) is 43.2 Å². The Morgan fingerprint density at radius 3 is 1.45 bits per heavy atom. The molecule has 0 atom stereocenters. The Hall–Kier alpha value is -7.39. The van der Waals surface area contributed by atoms with E-state index >= 15 is 0 Å². The van der Waals surface area contributed by atoms with E-state index in [9.17, 15) is 5.26 Å². The van der Waals surface area contributed by atoms with Crippen molar-refractivity contribution in [3.05, 3.63) is 222 Å². The smallest absolute Gasteiger partial charge is 0.164 e. The first-order chi connectivity index (χ1) is 28.7. The monoisotopic (exact) mass is 756 g/mol. The number of nitrogens with zero attached hydrogens (tertiary/aromatic N) is 4. The van der Waals surface area contributed by atoms with Gasteiger partial charge in [0.25, 0.3) is 0 Å². The summed E-state index contributed by atoms with van der Waals surface area (Å²) in [6.45, 7) is 0. The lowest BCUT2D eigenvalue weighted by Gasteiger charge is -2.39. The van der Waals surface area contributed by atoms with Crippen molar-refractivity contribution in [3.63, 3.8) is 0 Å². The fourth-order valence-corrected chi connectivity index (χ4v) is 10.0. The first-order valence-electron chi connectivity index (χ1n) is 19.3. The normalized spacial score (nSPS) is 12.9. The highest BCUT2D eigenvalue weighted by molar-refractivity contribution is 7.99. The molecule has 4 nitrogen and oxygen atoms in total. The van der Waals surface area contributed by atoms with E-state index in [4.69, 9.17) is 15.0 Å². The molecule has 1 aromatic heterocycles. The van der Waals surface area contributed by atoms with Crippen LogP contribution in [0.4, 0.5) is 0 Å². The number of fused-ring (bicyclic) bond motifs is 9. The molecular weight excluding hydrogens is 725 g/mol. The lowest BCUT2D eigenvalue weighted by Crippen LogP contribution is -2.31. The molecule has 0 bridgehead atoms. The van der Waals surface area contributed by atoms with Crippen LogP contribution in [0.15, 0.2) is 204 Å². The number of rotatable bonds is 5. The van der Waals surface area contributed by atoms with Crippen LogP contribution in [0, 0.1) is 11.3 Å².